The van der Waals surface area contributed by atoms with Gasteiger partial charge in [-0.1, -0.05) is 31.2 Å². The lowest BCUT2D eigenvalue weighted by Gasteiger charge is -2.26. The lowest BCUT2D eigenvalue weighted by molar-refractivity contribution is 0.0732. The average molecular weight is 217 g/mol. The first-order chi connectivity index (χ1) is 7.75. The Hall–Kier alpha value is -0.860. The standard InChI is InChI=1S/C14H19NO/c1-10-6-7-15(9-10)13-8-11-4-2-3-5-12(11)14(13)16/h2-5,10,13-14,16H,6-9H2,1H3. The summed E-state index contributed by atoms with van der Waals surface area (Å²) in [7, 11) is 0. The minimum Gasteiger partial charge on any atom is -0.387 e. The Kier molecular flexibility index (Phi) is 2.49. The minimum atomic E-state index is -0.276. The normalized spacial score (nSPS) is 34.2. The quantitative estimate of drug-likeness (QED) is 0.777. The number of benzene rings is 1. The number of fused-ring (bicyclic) bond motifs is 1. The molecule has 1 aromatic carbocycles. The molecule has 1 saturated heterocycles. The second-order valence-electron chi connectivity index (χ2n) is 5.30. The molecule has 1 fully saturated rings. The van der Waals surface area contributed by atoms with Gasteiger partial charge in [-0.25, -0.2) is 0 Å². The summed E-state index contributed by atoms with van der Waals surface area (Å²) in [6, 6.07) is 8.64. The maximum absolute atomic E-state index is 10.3. The molecule has 2 nitrogen and oxygen atoms in total. The maximum atomic E-state index is 10.3. The fraction of sp³-hybridized carbons (Fsp3) is 0.571. The summed E-state index contributed by atoms with van der Waals surface area (Å²) >= 11 is 0. The molecule has 0 bridgehead atoms. The number of rotatable bonds is 1. The summed E-state index contributed by atoms with van der Waals surface area (Å²) in [6.45, 7) is 4.60. The molecule has 0 amide bonds. The van der Waals surface area contributed by atoms with Gasteiger partial charge in [0.25, 0.3) is 0 Å². The van der Waals surface area contributed by atoms with E-state index in [1.54, 1.807) is 0 Å². The monoisotopic (exact) mass is 217 g/mol. The van der Waals surface area contributed by atoms with Crippen molar-refractivity contribution in [3.05, 3.63) is 35.4 Å². The summed E-state index contributed by atoms with van der Waals surface area (Å²) in [5.41, 5.74) is 2.48. The molecule has 3 rings (SSSR count). The van der Waals surface area contributed by atoms with Crippen molar-refractivity contribution in [1.29, 1.82) is 0 Å². The van der Waals surface area contributed by atoms with E-state index in [9.17, 15) is 5.11 Å². The smallest absolute Gasteiger partial charge is 0.0951 e. The van der Waals surface area contributed by atoms with Gasteiger partial charge in [-0.2, -0.15) is 0 Å². The third-order valence-electron chi connectivity index (χ3n) is 4.09. The van der Waals surface area contributed by atoms with E-state index in [2.05, 4.69) is 30.0 Å². The molecule has 0 saturated carbocycles. The Bertz CT molecular complexity index is 390. The number of nitrogens with zero attached hydrogens (tertiary/aromatic N) is 1. The second-order valence-corrected chi connectivity index (χ2v) is 5.30. The summed E-state index contributed by atoms with van der Waals surface area (Å²) in [5, 5.41) is 10.3. The molecule has 2 heteroatoms. The maximum Gasteiger partial charge on any atom is 0.0951 e. The van der Waals surface area contributed by atoms with Crippen molar-refractivity contribution in [3.63, 3.8) is 0 Å². The van der Waals surface area contributed by atoms with Crippen LogP contribution >= 0.6 is 0 Å². The molecule has 1 aromatic rings. The molecule has 3 atom stereocenters. The van der Waals surface area contributed by atoms with E-state index < -0.39 is 0 Å². The van der Waals surface area contributed by atoms with Gasteiger partial charge in [0.05, 0.1) is 6.10 Å². The van der Waals surface area contributed by atoms with E-state index in [-0.39, 0.29) is 6.10 Å². The third-order valence-corrected chi connectivity index (χ3v) is 4.09. The highest BCUT2D eigenvalue weighted by atomic mass is 16.3. The van der Waals surface area contributed by atoms with Crippen LogP contribution in [0.1, 0.15) is 30.6 Å². The molecule has 1 aliphatic carbocycles. The zero-order chi connectivity index (χ0) is 11.1. The highest BCUT2D eigenvalue weighted by molar-refractivity contribution is 5.36. The van der Waals surface area contributed by atoms with E-state index in [0.717, 1.165) is 31.0 Å². The Morgan fingerprint density at radius 2 is 2.12 bits per heavy atom. The Balaban J connectivity index is 1.82. The first-order valence-corrected chi connectivity index (χ1v) is 6.25. The van der Waals surface area contributed by atoms with Crippen molar-refractivity contribution in [2.75, 3.05) is 13.1 Å². The van der Waals surface area contributed by atoms with Crippen LogP contribution in [0.15, 0.2) is 24.3 Å². The van der Waals surface area contributed by atoms with E-state index in [1.807, 2.05) is 6.07 Å². The van der Waals surface area contributed by atoms with Gasteiger partial charge in [0.15, 0.2) is 0 Å². The van der Waals surface area contributed by atoms with Crippen LogP contribution in [0.3, 0.4) is 0 Å². The SMILES string of the molecule is CC1CCN(C2Cc3ccccc3C2O)C1. The highest BCUT2D eigenvalue weighted by Crippen LogP contribution is 2.36. The molecule has 16 heavy (non-hydrogen) atoms. The van der Waals surface area contributed by atoms with Gasteiger partial charge in [-0.05, 0) is 36.4 Å². The lowest BCUT2D eigenvalue weighted by Crippen LogP contribution is -2.36. The molecule has 1 aliphatic heterocycles. The molecule has 0 aromatic heterocycles. The molecule has 0 spiro atoms. The van der Waals surface area contributed by atoms with Crippen molar-refractivity contribution in [1.82, 2.24) is 4.90 Å². The predicted octanol–water partition coefficient (Wildman–Crippen LogP) is 1.99. The van der Waals surface area contributed by atoms with Gasteiger partial charge in [0.2, 0.25) is 0 Å². The number of aliphatic hydroxyl groups excluding tert-OH is 1. The summed E-state index contributed by atoms with van der Waals surface area (Å²) in [5.74, 6) is 0.788. The molecule has 1 heterocycles. The zero-order valence-electron chi connectivity index (χ0n) is 9.76. The van der Waals surface area contributed by atoms with Gasteiger partial charge >= 0.3 is 0 Å². The Labute approximate surface area is 96.9 Å². The van der Waals surface area contributed by atoms with Gasteiger partial charge < -0.3 is 5.11 Å². The summed E-state index contributed by atoms with van der Waals surface area (Å²) in [4.78, 5) is 2.47. The second kappa shape index (κ2) is 3.86. The van der Waals surface area contributed by atoms with Crippen LogP contribution in [0, 0.1) is 5.92 Å². The first kappa shape index (κ1) is 10.3. The Morgan fingerprint density at radius 3 is 2.81 bits per heavy atom. The molecule has 0 radical (unpaired) electrons. The van der Waals surface area contributed by atoms with Crippen LogP contribution in [-0.4, -0.2) is 29.1 Å². The first-order valence-electron chi connectivity index (χ1n) is 6.25. The van der Waals surface area contributed by atoms with E-state index in [4.69, 9.17) is 0 Å². The van der Waals surface area contributed by atoms with Crippen molar-refractivity contribution in [2.24, 2.45) is 5.92 Å². The average Bonchev–Trinajstić information content (AvgIpc) is 2.84. The van der Waals surface area contributed by atoms with Gasteiger partial charge in [-0.3, -0.25) is 4.90 Å². The van der Waals surface area contributed by atoms with Crippen molar-refractivity contribution < 1.29 is 5.11 Å². The number of aliphatic hydroxyl groups is 1. The number of hydrogen-bond donors (Lipinski definition) is 1. The highest BCUT2D eigenvalue weighted by Gasteiger charge is 2.36. The fourth-order valence-electron chi connectivity index (χ4n) is 3.15. The summed E-state index contributed by atoms with van der Waals surface area (Å²) in [6.07, 6.45) is 2.02. The van der Waals surface area contributed by atoms with E-state index in [1.165, 1.54) is 12.0 Å². The van der Waals surface area contributed by atoms with Gasteiger partial charge in [-0.15, -0.1) is 0 Å². The van der Waals surface area contributed by atoms with E-state index in [0.29, 0.717) is 6.04 Å². The Morgan fingerprint density at radius 1 is 1.31 bits per heavy atom. The lowest BCUT2D eigenvalue weighted by atomic mass is 10.1. The third kappa shape index (κ3) is 1.57. The molecular formula is C14H19NO. The van der Waals surface area contributed by atoms with Crippen LogP contribution in [-0.2, 0) is 6.42 Å². The van der Waals surface area contributed by atoms with Crippen LogP contribution < -0.4 is 0 Å². The number of likely N-dealkylation sites (tertiary alicyclic amines) is 1. The van der Waals surface area contributed by atoms with Crippen molar-refractivity contribution >= 4 is 0 Å². The molecular weight excluding hydrogens is 198 g/mol. The summed E-state index contributed by atoms with van der Waals surface area (Å²) < 4.78 is 0. The number of hydrogen-bond acceptors (Lipinski definition) is 2. The van der Waals surface area contributed by atoms with Gasteiger partial charge in [0, 0.05) is 12.6 Å². The van der Waals surface area contributed by atoms with Crippen LogP contribution in [0.25, 0.3) is 0 Å². The largest absolute Gasteiger partial charge is 0.387 e. The van der Waals surface area contributed by atoms with Gasteiger partial charge in [0.1, 0.15) is 0 Å². The van der Waals surface area contributed by atoms with Crippen LogP contribution in [0.5, 0.6) is 0 Å². The molecule has 3 unspecified atom stereocenters. The van der Waals surface area contributed by atoms with Crippen molar-refractivity contribution in [3.8, 4) is 0 Å². The van der Waals surface area contributed by atoms with Crippen LogP contribution in [0.2, 0.25) is 0 Å². The topological polar surface area (TPSA) is 23.5 Å². The zero-order valence-corrected chi connectivity index (χ0v) is 9.76. The molecule has 1 N–H and O–H groups in total. The minimum absolute atomic E-state index is 0.276. The van der Waals surface area contributed by atoms with Crippen LogP contribution in [0.4, 0.5) is 0 Å². The molecule has 2 aliphatic rings. The van der Waals surface area contributed by atoms with Crippen molar-refractivity contribution in [2.45, 2.75) is 31.9 Å². The fourth-order valence-corrected chi connectivity index (χ4v) is 3.15. The molecule has 86 valence electrons. The predicted molar refractivity (Wildman–Crippen MR) is 64.2 cm³/mol. The van der Waals surface area contributed by atoms with E-state index >= 15 is 0 Å².